The summed E-state index contributed by atoms with van der Waals surface area (Å²) in [4.78, 5) is 24.3. The number of amides is 2. The molecule has 0 bridgehead atoms. The van der Waals surface area contributed by atoms with E-state index in [9.17, 15) is 22.6 Å². The number of carbonyl (C=O) groups excluding carboxylic acids is 2. The fraction of sp³-hybridized carbons (Fsp3) is 0.176. The molecule has 0 aliphatic carbocycles. The summed E-state index contributed by atoms with van der Waals surface area (Å²) < 4.78 is 34.4. The minimum absolute atomic E-state index is 0. The summed E-state index contributed by atoms with van der Waals surface area (Å²) in [5.74, 6) is -1.35. The molecule has 7 nitrogen and oxygen atoms in total. The third-order valence-corrected chi connectivity index (χ3v) is 4.85. The van der Waals surface area contributed by atoms with Crippen molar-refractivity contribution in [1.82, 2.24) is 9.62 Å². The Kier molecular flexibility index (Phi) is 7.14. The third-order valence-electron chi connectivity index (χ3n) is 3.96. The van der Waals surface area contributed by atoms with Gasteiger partial charge in [0.1, 0.15) is 12.1 Å². The van der Waals surface area contributed by atoms with Crippen molar-refractivity contribution in [1.29, 1.82) is 0 Å². The van der Waals surface area contributed by atoms with Crippen molar-refractivity contribution in [2.45, 2.75) is 18.5 Å². The Bertz CT molecular complexity index is 890. The maximum absolute atomic E-state index is 12.2. The number of hydrogen-bond donors (Lipinski definition) is 1. The van der Waals surface area contributed by atoms with Crippen LogP contribution in [0, 0.1) is 0 Å². The monoisotopic (exact) mass is 398 g/mol. The van der Waals surface area contributed by atoms with E-state index < -0.39 is 34.2 Å². The van der Waals surface area contributed by atoms with E-state index in [0.717, 1.165) is 5.56 Å². The van der Waals surface area contributed by atoms with Crippen molar-refractivity contribution in [2.75, 3.05) is 0 Å². The quantitative estimate of drug-likeness (QED) is 0.348. The molecule has 0 spiro atoms. The average Bonchev–Trinajstić information content (AvgIpc) is 2.57. The molecule has 1 fully saturated rings. The second-order valence-electron chi connectivity index (χ2n) is 5.65. The molecular weight excluding hydrogens is 383 g/mol. The van der Waals surface area contributed by atoms with Crippen LogP contribution in [0.1, 0.15) is 17.2 Å². The SMILES string of the molecule is O=C(Cc1ccccc1)N[C@@H]1C(=O)N(S(=O)(=O)[O-])[C@H]1c1ccccc1.[K+]. The second kappa shape index (κ2) is 8.74. The molecule has 9 heteroatoms. The molecule has 0 saturated carbocycles. The van der Waals surface area contributed by atoms with Gasteiger partial charge in [-0.2, -0.15) is 0 Å². The first-order valence-corrected chi connectivity index (χ1v) is 8.92. The van der Waals surface area contributed by atoms with Crippen LogP contribution in [0.4, 0.5) is 0 Å². The van der Waals surface area contributed by atoms with Gasteiger partial charge in [-0.1, -0.05) is 60.7 Å². The number of rotatable bonds is 5. The van der Waals surface area contributed by atoms with Gasteiger partial charge in [0, 0.05) is 0 Å². The predicted octanol–water partition coefficient (Wildman–Crippen LogP) is -2.24. The molecule has 1 N–H and O–H groups in total. The van der Waals surface area contributed by atoms with Crippen molar-refractivity contribution in [3.63, 3.8) is 0 Å². The van der Waals surface area contributed by atoms with Gasteiger partial charge < -0.3 is 9.87 Å². The van der Waals surface area contributed by atoms with E-state index in [0.29, 0.717) is 5.56 Å². The molecule has 0 radical (unpaired) electrons. The Morgan fingerprint density at radius 1 is 1.04 bits per heavy atom. The fourth-order valence-corrected chi connectivity index (χ4v) is 3.69. The van der Waals surface area contributed by atoms with Crippen molar-refractivity contribution in [3.05, 3.63) is 71.8 Å². The van der Waals surface area contributed by atoms with Crippen LogP contribution in [0.25, 0.3) is 0 Å². The summed E-state index contributed by atoms with van der Waals surface area (Å²) in [5.41, 5.74) is 1.22. The van der Waals surface area contributed by atoms with E-state index >= 15 is 0 Å². The molecule has 26 heavy (non-hydrogen) atoms. The van der Waals surface area contributed by atoms with Gasteiger partial charge in [0.15, 0.2) is 10.3 Å². The first kappa shape index (κ1) is 21.2. The minimum atomic E-state index is -4.96. The minimum Gasteiger partial charge on any atom is -0.731 e. The fourth-order valence-electron chi connectivity index (χ4n) is 2.84. The molecule has 3 rings (SSSR count). The van der Waals surface area contributed by atoms with E-state index in [1.807, 2.05) is 6.07 Å². The van der Waals surface area contributed by atoms with Crippen LogP contribution in [0.2, 0.25) is 0 Å². The standard InChI is InChI=1S/C17H16N2O5S.K/c20-14(11-12-7-3-1-4-8-12)18-15-16(13-9-5-2-6-10-13)19(17(15)21)25(22,23)24;/h1-10,15-16H,11H2,(H,18,20)(H,22,23,24);/q;+1/p-1/t15-,16-;/m0./s1. The maximum Gasteiger partial charge on any atom is 1.00 e. The molecule has 2 aromatic carbocycles. The number of carbonyl (C=O) groups is 2. The van der Waals surface area contributed by atoms with E-state index in [-0.39, 0.29) is 62.1 Å². The molecule has 0 unspecified atom stereocenters. The van der Waals surface area contributed by atoms with Crippen molar-refractivity contribution in [2.24, 2.45) is 0 Å². The van der Waals surface area contributed by atoms with Crippen LogP contribution < -0.4 is 56.7 Å². The van der Waals surface area contributed by atoms with E-state index in [2.05, 4.69) is 5.32 Å². The topological polar surface area (TPSA) is 107 Å². The Balaban J connectivity index is 0.00000243. The number of nitrogens with one attached hydrogen (secondary N) is 1. The molecular formula is C17H15KN2O5S. The van der Waals surface area contributed by atoms with Gasteiger partial charge in [0.05, 0.1) is 6.42 Å². The van der Waals surface area contributed by atoms with Gasteiger partial charge in [-0.3, -0.25) is 9.59 Å². The van der Waals surface area contributed by atoms with Crippen LogP contribution in [-0.4, -0.2) is 35.1 Å². The Hall–Kier alpha value is -1.07. The molecule has 2 atom stereocenters. The van der Waals surface area contributed by atoms with Gasteiger partial charge >= 0.3 is 51.4 Å². The van der Waals surface area contributed by atoms with Crippen LogP contribution in [-0.2, 0) is 26.3 Å². The molecule has 1 aliphatic heterocycles. The van der Waals surface area contributed by atoms with Crippen molar-refractivity contribution in [3.8, 4) is 0 Å². The van der Waals surface area contributed by atoms with E-state index in [1.54, 1.807) is 54.6 Å². The Morgan fingerprint density at radius 2 is 1.58 bits per heavy atom. The largest absolute Gasteiger partial charge is 1.00 e. The molecule has 1 saturated heterocycles. The Labute approximate surface area is 194 Å². The zero-order valence-corrected chi connectivity index (χ0v) is 18.0. The van der Waals surface area contributed by atoms with Crippen molar-refractivity contribution < 1.29 is 73.9 Å². The van der Waals surface area contributed by atoms with Gasteiger partial charge in [-0.25, -0.2) is 12.7 Å². The summed E-state index contributed by atoms with van der Waals surface area (Å²) in [6.45, 7) is 0. The summed E-state index contributed by atoms with van der Waals surface area (Å²) in [5, 5.41) is 2.53. The number of hydrogen-bond acceptors (Lipinski definition) is 5. The zero-order valence-electron chi connectivity index (χ0n) is 14.0. The molecule has 1 heterocycles. The van der Waals surface area contributed by atoms with Crippen LogP contribution >= 0.6 is 0 Å². The number of β-lactam (4-membered cyclic amide) rings is 1. The predicted molar refractivity (Wildman–Crippen MR) is 87.8 cm³/mol. The maximum atomic E-state index is 12.2. The first-order chi connectivity index (χ1) is 11.9. The molecule has 1 aliphatic rings. The van der Waals surface area contributed by atoms with Crippen LogP contribution in [0.3, 0.4) is 0 Å². The smallest absolute Gasteiger partial charge is 0.731 e. The van der Waals surface area contributed by atoms with Crippen LogP contribution in [0.5, 0.6) is 0 Å². The summed E-state index contributed by atoms with van der Waals surface area (Å²) in [6.07, 6.45) is 0.0518. The average molecular weight is 398 g/mol. The van der Waals surface area contributed by atoms with E-state index in [4.69, 9.17) is 0 Å². The molecule has 2 amide bonds. The number of benzene rings is 2. The third kappa shape index (κ3) is 4.60. The summed E-state index contributed by atoms with van der Waals surface area (Å²) in [7, 11) is -4.96. The molecule has 0 aromatic heterocycles. The Morgan fingerprint density at radius 3 is 2.12 bits per heavy atom. The molecule has 2 aromatic rings. The van der Waals surface area contributed by atoms with Crippen molar-refractivity contribution >= 4 is 22.1 Å². The normalized spacial score (nSPS) is 19.3. The van der Waals surface area contributed by atoms with Gasteiger partial charge in [-0.15, -0.1) is 0 Å². The summed E-state index contributed by atoms with van der Waals surface area (Å²) in [6, 6.07) is 15.1. The zero-order chi connectivity index (χ0) is 18.0. The first-order valence-electron chi connectivity index (χ1n) is 7.55. The van der Waals surface area contributed by atoms with E-state index in [1.165, 1.54) is 0 Å². The van der Waals surface area contributed by atoms with Gasteiger partial charge in [0.2, 0.25) is 5.91 Å². The molecule has 130 valence electrons. The summed E-state index contributed by atoms with van der Waals surface area (Å²) >= 11 is 0. The van der Waals surface area contributed by atoms with Gasteiger partial charge in [-0.05, 0) is 11.1 Å². The van der Waals surface area contributed by atoms with Gasteiger partial charge in [0.25, 0.3) is 5.91 Å². The number of nitrogens with zero attached hydrogens (tertiary/aromatic N) is 1. The second-order valence-corrected chi connectivity index (χ2v) is 6.90. The van der Waals surface area contributed by atoms with Crippen LogP contribution in [0.15, 0.2) is 60.7 Å².